The van der Waals surface area contributed by atoms with Gasteiger partial charge >= 0.3 is 11.9 Å². The molecule has 0 saturated carbocycles. The Balaban J connectivity index is 1.52. The number of nitrogens with zero attached hydrogens (tertiary/aromatic N) is 3. The number of anilines is 1. The molecule has 0 aliphatic carbocycles. The Bertz CT molecular complexity index is 1080. The Hall–Kier alpha value is -3.45. The molecule has 1 aliphatic heterocycles. The monoisotopic (exact) mass is 419 g/mol. The fourth-order valence-corrected chi connectivity index (χ4v) is 3.84. The maximum atomic E-state index is 12.6. The highest BCUT2D eigenvalue weighted by molar-refractivity contribution is 5.92. The Kier molecular flexibility index (Phi) is 6.13. The Morgan fingerprint density at radius 1 is 0.968 bits per heavy atom. The Morgan fingerprint density at radius 2 is 1.65 bits per heavy atom. The normalized spacial score (nSPS) is 15.5. The van der Waals surface area contributed by atoms with Crippen molar-refractivity contribution >= 4 is 28.5 Å². The molecule has 1 atom stereocenters. The van der Waals surface area contributed by atoms with E-state index in [-0.39, 0.29) is 0 Å². The fraction of sp³-hybridized carbons (Fsp3) is 0.292. The topological polar surface area (TPSA) is 72.0 Å². The zero-order valence-electron chi connectivity index (χ0n) is 17.7. The summed E-state index contributed by atoms with van der Waals surface area (Å²) in [5.41, 5.74) is 3.07. The molecule has 0 N–H and O–H groups in total. The van der Waals surface area contributed by atoms with E-state index in [4.69, 9.17) is 9.47 Å². The van der Waals surface area contributed by atoms with E-state index in [0.29, 0.717) is 31.9 Å². The number of aryl methyl sites for hydroxylation is 1. The second-order valence-electron chi connectivity index (χ2n) is 7.52. The van der Waals surface area contributed by atoms with Crippen LogP contribution in [0.4, 0.5) is 5.69 Å². The van der Waals surface area contributed by atoms with Crippen LogP contribution < -0.4 is 9.64 Å². The minimum absolute atomic E-state index is 0.547. The molecule has 1 saturated heterocycles. The molecule has 2 aromatic carbocycles. The molecule has 0 amide bonds. The molecule has 1 aliphatic rings. The second-order valence-corrected chi connectivity index (χ2v) is 7.52. The van der Waals surface area contributed by atoms with Crippen LogP contribution in [-0.4, -0.2) is 54.2 Å². The molecule has 0 bridgehead atoms. The van der Waals surface area contributed by atoms with Crippen molar-refractivity contribution in [1.29, 1.82) is 0 Å². The maximum absolute atomic E-state index is 12.6. The van der Waals surface area contributed by atoms with Crippen LogP contribution in [0.1, 0.15) is 12.6 Å². The molecule has 160 valence electrons. The van der Waals surface area contributed by atoms with Gasteiger partial charge in [-0.25, -0.2) is 4.79 Å². The van der Waals surface area contributed by atoms with Crippen molar-refractivity contribution in [1.82, 2.24) is 9.88 Å². The number of carbonyl (C=O) groups is 2. The van der Waals surface area contributed by atoms with Crippen molar-refractivity contribution in [3.63, 3.8) is 0 Å². The van der Waals surface area contributed by atoms with Gasteiger partial charge in [0.25, 0.3) is 6.23 Å². The number of hydrogen-bond donors (Lipinski definition) is 0. The third kappa shape index (κ3) is 4.83. The summed E-state index contributed by atoms with van der Waals surface area (Å²) in [6.45, 7) is 5.78. The number of hydrogen-bond acceptors (Lipinski definition) is 7. The van der Waals surface area contributed by atoms with Crippen molar-refractivity contribution < 1.29 is 19.1 Å². The van der Waals surface area contributed by atoms with Crippen LogP contribution >= 0.6 is 0 Å². The summed E-state index contributed by atoms with van der Waals surface area (Å²) in [6, 6.07) is 19.3. The van der Waals surface area contributed by atoms with Gasteiger partial charge < -0.3 is 14.4 Å². The predicted octanol–water partition coefficient (Wildman–Crippen LogP) is 3.16. The highest BCUT2D eigenvalue weighted by Gasteiger charge is 2.33. The number of esters is 2. The van der Waals surface area contributed by atoms with Gasteiger partial charge in [0.05, 0.1) is 5.52 Å². The lowest BCUT2D eigenvalue weighted by Crippen LogP contribution is -2.55. The van der Waals surface area contributed by atoms with Crippen molar-refractivity contribution in [2.45, 2.75) is 20.1 Å². The van der Waals surface area contributed by atoms with Crippen molar-refractivity contribution in [3.8, 4) is 5.75 Å². The molecule has 2 heterocycles. The average Bonchev–Trinajstić information content (AvgIpc) is 2.77. The number of aromatic nitrogens is 1. The number of para-hydroxylation sites is 2. The summed E-state index contributed by atoms with van der Waals surface area (Å²) in [7, 11) is 0. The van der Waals surface area contributed by atoms with Crippen LogP contribution in [0.15, 0.2) is 60.7 Å². The average molecular weight is 419 g/mol. The Morgan fingerprint density at radius 3 is 2.35 bits per heavy atom. The number of fused-ring (bicyclic) bond motifs is 1. The summed E-state index contributed by atoms with van der Waals surface area (Å²) in [5, 5.41) is 1.11. The van der Waals surface area contributed by atoms with Crippen molar-refractivity contribution in [2.24, 2.45) is 0 Å². The number of carbonyl (C=O) groups excluding carboxylic acids is 2. The Labute approximate surface area is 181 Å². The van der Waals surface area contributed by atoms with Gasteiger partial charge in [-0.05, 0) is 31.2 Å². The molecule has 7 nitrogen and oxygen atoms in total. The van der Waals surface area contributed by atoms with Crippen LogP contribution in [0.5, 0.6) is 5.75 Å². The van der Waals surface area contributed by atoms with E-state index in [1.54, 1.807) is 12.1 Å². The first kappa shape index (κ1) is 20.8. The first-order valence-electron chi connectivity index (χ1n) is 10.3. The first-order valence-corrected chi connectivity index (χ1v) is 10.3. The van der Waals surface area contributed by atoms with Gasteiger partial charge in [-0.3, -0.25) is 14.7 Å². The molecule has 1 aromatic heterocycles. The third-order valence-electron chi connectivity index (χ3n) is 5.25. The zero-order valence-corrected chi connectivity index (χ0v) is 17.7. The van der Waals surface area contributed by atoms with E-state index < -0.39 is 18.2 Å². The van der Waals surface area contributed by atoms with Gasteiger partial charge in [-0.1, -0.05) is 36.4 Å². The molecule has 3 aromatic rings. The number of rotatable bonds is 5. The lowest BCUT2D eigenvalue weighted by Gasteiger charge is -2.39. The molecule has 7 heteroatoms. The fourth-order valence-electron chi connectivity index (χ4n) is 3.84. The molecule has 1 fully saturated rings. The van der Waals surface area contributed by atoms with Gasteiger partial charge in [-0.2, -0.15) is 0 Å². The summed E-state index contributed by atoms with van der Waals surface area (Å²) in [6.07, 6.45) is -0.982. The molecule has 1 unspecified atom stereocenters. The molecule has 0 spiro atoms. The first-order chi connectivity index (χ1) is 15.0. The van der Waals surface area contributed by atoms with Gasteiger partial charge in [0.2, 0.25) is 0 Å². The number of ether oxygens (including phenoxy) is 2. The van der Waals surface area contributed by atoms with E-state index >= 15 is 0 Å². The smallest absolute Gasteiger partial charge is 0.370 e. The summed E-state index contributed by atoms with van der Waals surface area (Å²) in [4.78, 5) is 32.8. The number of piperazine rings is 1. The highest BCUT2D eigenvalue weighted by atomic mass is 16.6. The lowest BCUT2D eigenvalue weighted by molar-refractivity contribution is -0.170. The molecule has 31 heavy (non-hydrogen) atoms. The number of benzene rings is 2. The van der Waals surface area contributed by atoms with Crippen LogP contribution in [-0.2, 0) is 14.3 Å². The van der Waals surface area contributed by atoms with E-state index in [1.807, 2.05) is 48.2 Å². The van der Waals surface area contributed by atoms with Crippen molar-refractivity contribution in [2.75, 3.05) is 31.1 Å². The van der Waals surface area contributed by atoms with Gasteiger partial charge in [-0.15, -0.1) is 0 Å². The predicted molar refractivity (Wildman–Crippen MR) is 118 cm³/mol. The van der Waals surface area contributed by atoms with Crippen LogP contribution in [0.2, 0.25) is 0 Å². The second kappa shape index (κ2) is 9.14. The van der Waals surface area contributed by atoms with Gasteiger partial charge in [0, 0.05) is 49.9 Å². The minimum atomic E-state index is -0.982. The standard InChI is InChI=1S/C24H25N3O4/c1-17-16-22(20-10-6-7-11-21(20)25-17)26-12-14-27(15-13-26)23(24(29)30-18(2)28)31-19-8-4-3-5-9-19/h3-11,16,23H,12-15H2,1-2H3. The van der Waals surface area contributed by atoms with Crippen LogP contribution in [0, 0.1) is 6.92 Å². The molecule has 0 radical (unpaired) electrons. The molecule has 4 rings (SSSR count). The quantitative estimate of drug-likeness (QED) is 0.465. The summed E-state index contributed by atoms with van der Waals surface area (Å²) >= 11 is 0. The van der Waals surface area contributed by atoms with Crippen molar-refractivity contribution in [3.05, 3.63) is 66.4 Å². The van der Waals surface area contributed by atoms with E-state index in [9.17, 15) is 9.59 Å². The zero-order chi connectivity index (χ0) is 21.8. The highest BCUT2D eigenvalue weighted by Crippen LogP contribution is 2.28. The number of pyridine rings is 1. The summed E-state index contributed by atoms with van der Waals surface area (Å²) in [5.74, 6) is -0.801. The van der Waals surface area contributed by atoms with E-state index in [0.717, 1.165) is 22.3 Å². The molecular weight excluding hydrogens is 394 g/mol. The van der Waals surface area contributed by atoms with E-state index in [2.05, 4.69) is 22.0 Å². The van der Waals surface area contributed by atoms with Crippen LogP contribution in [0.25, 0.3) is 10.9 Å². The van der Waals surface area contributed by atoms with E-state index in [1.165, 1.54) is 6.92 Å². The van der Waals surface area contributed by atoms with Gasteiger partial charge in [0.1, 0.15) is 5.75 Å². The third-order valence-corrected chi connectivity index (χ3v) is 5.25. The van der Waals surface area contributed by atoms with Crippen LogP contribution in [0.3, 0.4) is 0 Å². The lowest BCUT2D eigenvalue weighted by atomic mass is 10.1. The molecular formula is C24H25N3O4. The maximum Gasteiger partial charge on any atom is 0.370 e. The van der Waals surface area contributed by atoms with Gasteiger partial charge in [0.15, 0.2) is 0 Å². The SMILES string of the molecule is CC(=O)OC(=O)C(Oc1ccccc1)N1CCN(c2cc(C)nc3ccccc23)CC1. The minimum Gasteiger partial charge on any atom is -0.464 e. The largest absolute Gasteiger partial charge is 0.464 e. The summed E-state index contributed by atoms with van der Waals surface area (Å²) < 4.78 is 10.8.